The largest absolute Gasteiger partial charge is 0.491 e. The summed E-state index contributed by atoms with van der Waals surface area (Å²) < 4.78 is 5.54. The number of nitrogens with zero attached hydrogens (tertiary/aromatic N) is 1. The average Bonchev–Trinajstić information content (AvgIpc) is 2.26. The first-order chi connectivity index (χ1) is 7.50. The highest BCUT2D eigenvalue weighted by molar-refractivity contribution is 5.49. The van der Waals surface area contributed by atoms with Crippen LogP contribution < -0.4 is 9.64 Å². The molecule has 0 saturated carbocycles. The Balaban J connectivity index is 2.57. The third-order valence-corrected chi connectivity index (χ3v) is 2.52. The molecule has 0 spiro atoms. The van der Waals surface area contributed by atoms with Gasteiger partial charge in [0.1, 0.15) is 12.4 Å². The van der Waals surface area contributed by atoms with E-state index in [2.05, 4.69) is 0 Å². The van der Waals surface area contributed by atoms with E-state index in [9.17, 15) is 5.11 Å². The van der Waals surface area contributed by atoms with E-state index in [4.69, 9.17) is 4.74 Å². The maximum Gasteiger partial charge on any atom is 0.121 e. The van der Waals surface area contributed by atoms with Gasteiger partial charge in [-0.25, -0.2) is 0 Å². The third-order valence-electron chi connectivity index (χ3n) is 2.52. The summed E-state index contributed by atoms with van der Waals surface area (Å²) >= 11 is 0. The Morgan fingerprint density at radius 2 is 2.00 bits per heavy atom. The molecule has 1 atom stereocenters. The Labute approximate surface area is 97.7 Å². The van der Waals surface area contributed by atoms with Crippen molar-refractivity contribution in [3.05, 3.63) is 24.3 Å². The topological polar surface area (TPSA) is 32.7 Å². The van der Waals surface area contributed by atoms with E-state index in [1.165, 1.54) is 0 Å². The van der Waals surface area contributed by atoms with Gasteiger partial charge >= 0.3 is 0 Å². The Morgan fingerprint density at radius 1 is 1.31 bits per heavy atom. The fourth-order valence-corrected chi connectivity index (χ4v) is 1.23. The summed E-state index contributed by atoms with van der Waals surface area (Å²) in [5.74, 6) is 1.02. The van der Waals surface area contributed by atoms with Crippen LogP contribution in [0.15, 0.2) is 24.3 Å². The molecule has 1 rings (SSSR count). The number of aliphatic hydroxyl groups excluding tert-OH is 1. The van der Waals surface area contributed by atoms with Crippen LogP contribution in [0.5, 0.6) is 5.75 Å². The standard InChI is InChI=1S/C13H21NO2/c1-10(2)13(15)9-16-12-7-5-6-11(8-12)14(3)4/h5-8,10,13,15H,9H2,1-4H3. The predicted octanol–water partition coefficient (Wildman–Crippen LogP) is 2.15. The van der Waals surface area contributed by atoms with E-state index in [1.807, 2.05) is 57.1 Å². The predicted molar refractivity (Wildman–Crippen MR) is 67.1 cm³/mol. The molecule has 0 aliphatic rings. The fraction of sp³-hybridized carbons (Fsp3) is 0.538. The molecule has 0 amide bonds. The van der Waals surface area contributed by atoms with Gasteiger partial charge in [-0.2, -0.15) is 0 Å². The summed E-state index contributed by atoms with van der Waals surface area (Å²) in [7, 11) is 3.98. The molecule has 0 bridgehead atoms. The van der Waals surface area contributed by atoms with Gasteiger partial charge < -0.3 is 14.7 Å². The first-order valence-corrected chi connectivity index (χ1v) is 5.59. The van der Waals surface area contributed by atoms with Gasteiger partial charge in [-0.1, -0.05) is 19.9 Å². The summed E-state index contributed by atoms with van der Waals surface area (Å²) in [6.45, 7) is 4.29. The molecule has 0 heterocycles. The van der Waals surface area contributed by atoms with Crippen molar-refractivity contribution in [1.29, 1.82) is 0 Å². The molecule has 0 aliphatic carbocycles. The lowest BCUT2D eigenvalue weighted by molar-refractivity contribution is 0.0701. The summed E-state index contributed by atoms with van der Waals surface area (Å²) in [6, 6.07) is 7.84. The van der Waals surface area contributed by atoms with Gasteiger partial charge in [0.15, 0.2) is 0 Å². The van der Waals surface area contributed by atoms with Crippen LogP contribution in [-0.2, 0) is 0 Å². The van der Waals surface area contributed by atoms with E-state index >= 15 is 0 Å². The lowest BCUT2D eigenvalue weighted by Gasteiger charge is -2.17. The molecule has 90 valence electrons. The number of anilines is 1. The van der Waals surface area contributed by atoms with E-state index in [0.29, 0.717) is 6.61 Å². The third kappa shape index (κ3) is 3.74. The van der Waals surface area contributed by atoms with Crippen molar-refractivity contribution in [2.24, 2.45) is 5.92 Å². The van der Waals surface area contributed by atoms with Crippen molar-refractivity contribution in [2.45, 2.75) is 20.0 Å². The quantitative estimate of drug-likeness (QED) is 0.830. The van der Waals surface area contributed by atoms with Gasteiger partial charge in [-0.3, -0.25) is 0 Å². The number of rotatable bonds is 5. The second-order valence-corrected chi connectivity index (χ2v) is 4.51. The van der Waals surface area contributed by atoms with Crippen LogP contribution in [0.2, 0.25) is 0 Å². The average molecular weight is 223 g/mol. The van der Waals surface area contributed by atoms with Crippen molar-refractivity contribution in [3.63, 3.8) is 0 Å². The molecule has 0 aliphatic heterocycles. The van der Waals surface area contributed by atoms with Gasteiger partial charge in [-0.15, -0.1) is 0 Å². The van der Waals surface area contributed by atoms with E-state index in [-0.39, 0.29) is 5.92 Å². The molecule has 1 aromatic rings. The van der Waals surface area contributed by atoms with E-state index in [0.717, 1.165) is 11.4 Å². The molecule has 1 aromatic carbocycles. The molecule has 0 aromatic heterocycles. The Morgan fingerprint density at radius 3 is 2.56 bits per heavy atom. The second kappa shape index (κ2) is 5.75. The Hall–Kier alpha value is -1.22. The minimum atomic E-state index is -0.414. The summed E-state index contributed by atoms with van der Waals surface area (Å²) in [4.78, 5) is 2.02. The Kier molecular flexibility index (Phi) is 4.62. The summed E-state index contributed by atoms with van der Waals surface area (Å²) in [5.41, 5.74) is 1.09. The first kappa shape index (κ1) is 12.8. The first-order valence-electron chi connectivity index (χ1n) is 5.59. The van der Waals surface area contributed by atoms with Crippen molar-refractivity contribution in [1.82, 2.24) is 0 Å². The molecule has 3 nitrogen and oxygen atoms in total. The summed E-state index contributed by atoms with van der Waals surface area (Å²) in [6.07, 6.45) is -0.414. The highest BCUT2D eigenvalue weighted by atomic mass is 16.5. The van der Waals surface area contributed by atoms with Gasteiger partial charge in [0.05, 0.1) is 6.10 Å². The van der Waals surface area contributed by atoms with Crippen molar-refractivity contribution < 1.29 is 9.84 Å². The number of benzene rings is 1. The molecule has 1 unspecified atom stereocenters. The number of ether oxygens (including phenoxy) is 1. The van der Waals surface area contributed by atoms with Gasteiger partial charge in [0, 0.05) is 25.8 Å². The SMILES string of the molecule is CC(C)C(O)COc1cccc(N(C)C)c1. The summed E-state index contributed by atoms with van der Waals surface area (Å²) in [5, 5.41) is 9.63. The van der Waals surface area contributed by atoms with E-state index < -0.39 is 6.10 Å². The maximum absolute atomic E-state index is 9.63. The normalized spacial score (nSPS) is 12.6. The van der Waals surface area contributed by atoms with Crippen molar-refractivity contribution in [3.8, 4) is 5.75 Å². The number of aliphatic hydroxyl groups is 1. The van der Waals surface area contributed by atoms with Crippen molar-refractivity contribution in [2.75, 3.05) is 25.6 Å². The highest BCUT2D eigenvalue weighted by Gasteiger charge is 2.09. The zero-order valence-corrected chi connectivity index (χ0v) is 10.5. The fourth-order valence-electron chi connectivity index (χ4n) is 1.23. The zero-order chi connectivity index (χ0) is 12.1. The second-order valence-electron chi connectivity index (χ2n) is 4.51. The van der Waals surface area contributed by atoms with Crippen LogP contribution in [0.3, 0.4) is 0 Å². The molecule has 0 saturated heterocycles. The molecular weight excluding hydrogens is 202 g/mol. The number of hydrogen-bond acceptors (Lipinski definition) is 3. The molecule has 0 radical (unpaired) electrons. The van der Waals surface area contributed by atoms with Gasteiger partial charge in [-0.05, 0) is 18.1 Å². The minimum Gasteiger partial charge on any atom is -0.491 e. The number of hydrogen-bond donors (Lipinski definition) is 1. The van der Waals surface area contributed by atoms with Gasteiger partial charge in [0.25, 0.3) is 0 Å². The van der Waals surface area contributed by atoms with Gasteiger partial charge in [0.2, 0.25) is 0 Å². The molecule has 0 fully saturated rings. The van der Waals surface area contributed by atoms with Crippen LogP contribution >= 0.6 is 0 Å². The van der Waals surface area contributed by atoms with Crippen molar-refractivity contribution >= 4 is 5.69 Å². The molecular formula is C13H21NO2. The van der Waals surface area contributed by atoms with Crippen LogP contribution in [0.1, 0.15) is 13.8 Å². The highest BCUT2D eigenvalue weighted by Crippen LogP contribution is 2.19. The minimum absolute atomic E-state index is 0.219. The van der Waals surface area contributed by atoms with Crippen LogP contribution in [0.4, 0.5) is 5.69 Å². The molecule has 3 heteroatoms. The molecule has 16 heavy (non-hydrogen) atoms. The Bertz CT molecular complexity index is 323. The van der Waals surface area contributed by atoms with Crippen LogP contribution in [0, 0.1) is 5.92 Å². The van der Waals surface area contributed by atoms with Crippen LogP contribution in [0.25, 0.3) is 0 Å². The lowest BCUT2D eigenvalue weighted by Crippen LogP contribution is -2.23. The molecule has 1 N–H and O–H groups in total. The smallest absolute Gasteiger partial charge is 0.121 e. The maximum atomic E-state index is 9.63. The van der Waals surface area contributed by atoms with Crippen LogP contribution in [-0.4, -0.2) is 31.9 Å². The van der Waals surface area contributed by atoms with E-state index in [1.54, 1.807) is 0 Å². The zero-order valence-electron chi connectivity index (χ0n) is 10.5. The lowest BCUT2D eigenvalue weighted by atomic mass is 10.1. The monoisotopic (exact) mass is 223 g/mol.